The Balaban J connectivity index is 2.72. The summed E-state index contributed by atoms with van der Waals surface area (Å²) in [7, 11) is 0. The van der Waals surface area contributed by atoms with Gasteiger partial charge in [0.15, 0.2) is 5.78 Å². The lowest BCUT2D eigenvalue weighted by molar-refractivity contribution is -0.119. The van der Waals surface area contributed by atoms with Crippen LogP contribution in [0.2, 0.25) is 0 Å². The minimum atomic E-state index is -0.260. The molecule has 0 radical (unpaired) electrons. The highest BCUT2D eigenvalue weighted by Crippen LogP contribution is 2.26. The van der Waals surface area contributed by atoms with Crippen molar-refractivity contribution in [2.75, 3.05) is 0 Å². The van der Waals surface area contributed by atoms with Gasteiger partial charge in [0.05, 0.1) is 0 Å². The van der Waals surface area contributed by atoms with E-state index < -0.39 is 0 Å². The number of rotatable bonds is 3. The summed E-state index contributed by atoms with van der Waals surface area (Å²) in [6.45, 7) is 7.71. The molecule has 1 N–H and O–H groups in total. The van der Waals surface area contributed by atoms with Crippen molar-refractivity contribution in [3.8, 4) is 0 Å². The molecule has 0 bridgehead atoms. The van der Waals surface area contributed by atoms with Crippen molar-refractivity contribution in [2.24, 2.45) is 11.3 Å². The molecule has 0 aromatic carbocycles. The maximum absolute atomic E-state index is 12.1. The van der Waals surface area contributed by atoms with E-state index in [0.717, 1.165) is 5.57 Å². The van der Waals surface area contributed by atoms with Crippen LogP contribution in [-0.4, -0.2) is 17.3 Å². The van der Waals surface area contributed by atoms with Gasteiger partial charge < -0.3 is 5.41 Å². The Morgan fingerprint density at radius 1 is 1.47 bits per heavy atom. The van der Waals surface area contributed by atoms with E-state index in [1.807, 2.05) is 27.7 Å². The highest BCUT2D eigenvalue weighted by molar-refractivity contribution is 6.10. The Kier molecular flexibility index (Phi) is 4.02. The fourth-order valence-electron chi connectivity index (χ4n) is 1.88. The van der Waals surface area contributed by atoms with E-state index in [2.05, 4.69) is 0 Å². The van der Waals surface area contributed by atoms with Gasteiger partial charge in [0, 0.05) is 25.0 Å². The van der Waals surface area contributed by atoms with Crippen LogP contribution in [-0.2, 0) is 9.59 Å². The van der Waals surface area contributed by atoms with Crippen molar-refractivity contribution in [2.45, 2.75) is 47.0 Å². The summed E-state index contributed by atoms with van der Waals surface area (Å²) in [5, 5.41) is 7.88. The molecule has 0 heterocycles. The monoisotopic (exact) mass is 235 g/mol. The van der Waals surface area contributed by atoms with Crippen LogP contribution < -0.4 is 0 Å². The Bertz CT molecular complexity index is 386. The quantitative estimate of drug-likeness (QED) is 0.764. The van der Waals surface area contributed by atoms with Gasteiger partial charge in [-0.3, -0.25) is 9.59 Å². The highest BCUT2D eigenvalue weighted by Gasteiger charge is 2.26. The molecule has 94 valence electrons. The maximum atomic E-state index is 12.1. The molecular formula is C14H21NO2. The third-order valence-corrected chi connectivity index (χ3v) is 3.18. The van der Waals surface area contributed by atoms with E-state index in [0.29, 0.717) is 18.6 Å². The van der Waals surface area contributed by atoms with Gasteiger partial charge >= 0.3 is 0 Å². The van der Waals surface area contributed by atoms with Gasteiger partial charge in [0.1, 0.15) is 5.78 Å². The summed E-state index contributed by atoms with van der Waals surface area (Å²) in [5.74, 6) is 0.210. The van der Waals surface area contributed by atoms with Crippen LogP contribution in [0.5, 0.6) is 0 Å². The van der Waals surface area contributed by atoms with Gasteiger partial charge in [0.25, 0.3) is 0 Å². The molecule has 0 fully saturated rings. The number of hydrogen-bond acceptors (Lipinski definition) is 3. The highest BCUT2D eigenvalue weighted by atomic mass is 16.1. The van der Waals surface area contributed by atoms with Crippen LogP contribution in [0.25, 0.3) is 0 Å². The average molecular weight is 235 g/mol. The molecule has 0 saturated heterocycles. The first kappa shape index (κ1) is 13.8. The molecule has 0 aromatic rings. The Morgan fingerprint density at radius 3 is 2.53 bits per heavy atom. The number of hydrogen-bond donors (Lipinski definition) is 1. The zero-order chi connectivity index (χ0) is 13.2. The summed E-state index contributed by atoms with van der Waals surface area (Å²) in [6.07, 6.45) is 2.75. The van der Waals surface area contributed by atoms with E-state index in [1.54, 1.807) is 6.08 Å². The topological polar surface area (TPSA) is 58.0 Å². The molecule has 0 aromatic heterocycles. The third kappa shape index (κ3) is 3.62. The molecule has 17 heavy (non-hydrogen) atoms. The Morgan fingerprint density at radius 2 is 2.06 bits per heavy atom. The fourth-order valence-corrected chi connectivity index (χ4v) is 1.88. The zero-order valence-corrected chi connectivity index (χ0v) is 11.1. The smallest absolute Gasteiger partial charge is 0.164 e. The van der Waals surface area contributed by atoms with E-state index in [9.17, 15) is 9.59 Å². The minimum absolute atomic E-state index is 0.00456. The summed E-state index contributed by atoms with van der Waals surface area (Å²) >= 11 is 0. The van der Waals surface area contributed by atoms with Gasteiger partial charge in [-0.05, 0) is 16.9 Å². The van der Waals surface area contributed by atoms with Gasteiger partial charge in [-0.2, -0.15) is 0 Å². The Labute approximate surface area is 103 Å². The maximum Gasteiger partial charge on any atom is 0.164 e. The van der Waals surface area contributed by atoms with Crippen molar-refractivity contribution in [3.63, 3.8) is 0 Å². The second kappa shape index (κ2) is 4.94. The lowest BCUT2D eigenvalue weighted by Gasteiger charge is -2.22. The second-order valence-corrected chi connectivity index (χ2v) is 5.84. The van der Waals surface area contributed by atoms with Crippen LogP contribution in [0.3, 0.4) is 0 Å². The van der Waals surface area contributed by atoms with Crippen molar-refractivity contribution < 1.29 is 9.59 Å². The molecular weight excluding hydrogens is 214 g/mol. The van der Waals surface area contributed by atoms with Gasteiger partial charge in [-0.25, -0.2) is 0 Å². The van der Waals surface area contributed by atoms with Crippen LogP contribution >= 0.6 is 0 Å². The number of ketones is 2. The van der Waals surface area contributed by atoms with Crippen LogP contribution in [0.4, 0.5) is 0 Å². The molecule has 0 saturated carbocycles. The van der Waals surface area contributed by atoms with Crippen LogP contribution in [0.15, 0.2) is 11.6 Å². The third-order valence-electron chi connectivity index (χ3n) is 3.18. The number of Topliss-reactive ketones (excluding diaryl/α,β-unsaturated/α-hetero) is 2. The van der Waals surface area contributed by atoms with Crippen molar-refractivity contribution in [3.05, 3.63) is 11.6 Å². The normalized spacial score (nSPS) is 21.1. The average Bonchev–Trinajstić information content (AvgIpc) is 2.15. The molecule has 0 amide bonds. The van der Waals surface area contributed by atoms with Crippen LogP contribution in [0.1, 0.15) is 47.0 Å². The lowest BCUT2D eigenvalue weighted by Crippen LogP contribution is -2.26. The second-order valence-electron chi connectivity index (χ2n) is 5.84. The fraction of sp³-hybridized carbons (Fsp3) is 0.643. The summed E-state index contributed by atoms with van der Waals surface area (Å²) in [4.78, 5) is 23.3. The number of allylic oxidation sites excluding steroid dienone is 2. The molecule has 0 aliphatic heterocycles. The Hall–Kier alpha value is -1.25. The first-order valence-corrected chi connectivity index (χ1v) is 6.04. The summed E-state index contributed by atoms with van der Waals surface area (Å²) in [5.41, 5.74) is 0.926. The molecule has 3 heteroatoms. The molecule has 1 atom stereocenters. The summed E-state index contributed by atoms with van der Waals surface area (Å²) < 4.78 is 0. The van der Waals surface area contributed by atoms with Crippen LogP contribution in [0, 0.1) is 16.7 Å². The SMILES string of the molecule is CC1CC(=O)CC=C1C(=O)CC(=N)C(C)(C)C. The van der Waals surface area contributed by atoms with Gasteiger partial charge in [-0.15, -0.1) is 0 Å². The van der Waals surface area contributed by atoms with E-state index in [1.165, 1.54) is 0 Å². The molecule has 3 nitrogen and oxygen atoms in total. The first-order valence-electron chi connectivity index (χ1n) is 6.04. The molecule has 1 aliphatic carbocycles. The standard InChI is InChI=1S/C14H21NO2/c1-9-7-10(16)5-6-11(9)12(17)8-13(15)14(2,3)4/h6,9,15H,5,7-8H2,1-4H3. The van der Waals surface area contributed by atoms with Gasteiger partial charge in [0.2, 0.25) is 0 Å². The molecule has 1 aliphatic rings. The molecule has 0 spiro atoms. The number of nitrogens with one attached hydrogen (secondary N) is 1. The van der Waals surface area contributed by atoms with E-state index in [4.69, 9.17) is 5.41 Å². The van der Waals surface area contributed by atoms with Crippen molar-refractivity contribution in [1.29, 1.82) is 5.41 Å². The van der Waals surface area contributed by atoms with E-state index >= 15 is 0 Å². The van der Waals surface area contributed by atoms with Gasteiger partial charge in [-0.1, -0.05) is 33.8 Å². The van der Waals surface area contributed by atoms with Crippen molar-refractivity contribution in [1.82, 2.24) is 0 Å². The van der Waals surface area contributed by atoms with Crippen molar-refractivity contribution >= 4 is 17.3 Å². The lowest BCUT2D eigenvalue weighted by atomic mass is 9.81. The molecule has 1 rings (SSSR count). The minimum Gasteiger partial charge on any atom is -0.309 e. The summed E-state index contributed by atoms with van der Waals surface area (Å²) in [6, 6.07) is 0. The first-order chi connectivity index (χ1) is 7.71. The number of carbonyl (C=O) groups is 2. The zero-order valence-electron chi connectivity index (χ0n) is 11.1. The van der Waals surface area contributed by atoms with E-state index in [-0.39, 0.29) is 29.3 Å². The largest absolute Gasteiger partial charge is 0.309 e. The number of carbonyl (C=O) groups excluding carboxylic acids is 2. The molecule has 1 unspecified atom stereocenters. The predicted molar refractivity (Wildman–Crippen MR) is 68.3 cm³/mol. The predicted octanol–water partition coefficient (Wildman–Crippen LogP) is 2.94.